The monoisotopic (exact) mass is 616 g/mol. The molecule has 1 amide bonds. The zero-order chi connectivity index (χ0) is 31.3. The van der Waals surface area contributed by atoms with Crippen LogP contribution >= 0.6 is 0 Å². The van der Waals surface area contributed by atoms with Gasteiger partial charge in [0.1, 0.15) is 28.1 Å². The van der Waals surface area contributed by atoms with Crippen LogP contribution in [0.3, 0.4) is 0 Å². The largest absolute Gasteiger partial charge is 0.497 e. The van der Waals surface area contributed by atoms with Gasteiger partial charge in [-0.1, -0.05) is 24.3 Å². The number of benzene rings is 2. The number of nitrogens with one attached hydrogen (secondary N) is 2. The summed E-state index contributed by atoms with van der Waals surface area (Å²) in [7, 11) is 1.07. The van der Waals surface area contributed by atoms with Crippen molar-refractivity contribution in [1.82, 2.24) is 15.5 Å². The van der Waals surface area contributed by atoms with E-state index in [0.29, 0.717) is 31.7 Å². The molecule has 0 saturated heterocycles. The van der Waals surface area contributed by atoms with Crippen LogP contribution in [0.25, 0.3) is 0 Å². The van der Waals surface area contributed by atoms with Gasteiger partial charge in [-0.05, 0) is 37.1 Å². The molecular weight excluding hydrogens is 581 g/mol. The number of sulfone groups is 1. The molecule has 0 fully saturated rings. The van der Waals surface area contributed by atoms with E-state index in [9.17, 15) is 26.4 Å². The molecule has 1 aliphatic heterocycles. The van der Waals surface area contributed by atoms with Gasteiger partial charge in [-0.15, -0.1) is 0 Å². The van der Waals surface area contributed by atoms with Crippen LogP contribution in [-0.2, 0) is 25.8 Å². The quantitative estimate of drug-likeness (QED) is 0.289. The fourth-order valence-corrected chi connectivity index (χ4v) is 5.03. The predicted octanol–water partition coefficient (Wildman–Crippen LogP) is 2.49. The van der Waals surface area contributed by atoms with Crippen LogP contribution in [0.4, 0.5) is 13.2 Å². The van der Waals surface area contributed by atoms with Crippen LogP contribution in [0.1, 0.15) is 24.0 Å². The number of hydrogen-bond acceptors (Lipinski definition) is 9. The van der Waals surface area contributed by atoms with Gasteiger partial charge in [-0.3, -0.25) is 9.79 Å². The van der Waals surface area contributed by atoms with Crippen LogP contribution in [0.5, 0.6) is 11.5 Å². The van der Waals surface area contributed by atoms with E-state index in [2.05, 4.69) is 39.9 Å². The minimum Gasteiger partial charge on any atom is -0.497 e. The summed E-state index contributed by atoms with van der Waals surface area (Å²) < 4.78 is 67.5. The Bertz CT molecular complexity index is 1330. The van der Waals surface area contributed by atoms with Crippen molar-refractivity contribution in [3.05, 3.63) is 53.6 Å². The zero-order valence-corrected chi connectivity index (χ0v) is 24.3. The number of carboxylic acid groups (broad SMARTS) is 1. The topological polar surface area (TPSA) is 147 Å². The second-order valence-electron chi connectivity index (χ2n) is 9.10. The molecule has 0 atom stereocenters. The molecule has 2 aromatic rings. The molecule has 2 aromatic carbocycles. The maximum absolute atomic E-state index is 12.7. The summed E-state index contributed by atoms with van der Waals surface area (Å²) in [6, 6.07) is 12.9. The molecule has 3 rings (SSSR count). The third-order valence-corrected chi connectivity index (χ3v) is 7.62. The Kier molecular flexibility index (Phi) is 13.1. The number of amides is 1. The minimum absolute atomic E-state index is 0.0326. The van der Waals surface area contributed by atoms with Crippen LogP contribution < -0.4 is 20.1 Å². The number of ether oxygens (including phenoxy) is 2. The molecule has 232 valence electrons. The first-order chi connectivity index (χ1) is 19.8. The number of nitrogens with zero attached hydrogens (tertiary/aromatic N) is 2. The Morgan fingerprint density at radius 1 is 1.12 bits per heavy atom. The highest BCUT2D eigenvalue weighted by Crippen LogP contribution is 2.28. The molecule has 1 aliphatic rings. The minimum atomic E-state index is -5.08. The van der Waals surface area contributed by atoms with E-state index < -0.39 is 22.0 Å². The van der Waals surface area contributed by atoms with E-state index >= 15 is 0 Å². The van der Waals surface area contributed by atoms with Gasteiger partial charge < -0.3 is 30.1 Å². The summed E-state index contributed by atoms with van der Waals surface area (Å²) in [5.41, 5.74) is 2.24. The predicted molar refractivity (Wildman–Crippen MR) is 150 cm³/mol. The van der Waals surface area contributed by atoms with Crippen molar-refractivity contribution in [2.45, 2.75) is 30.3 Å². The molecule has 0 aliphatic carbocycles. The molecule has 0 bridgehead atoms. The Labute approximate surface area is 242 Å². The van der Waals surface area contributed by atoms with Gasteiger partial charge >= 0.3 is 12.1 Å². The Balaban J connectivity index is 0.000000782. The van der Waals surface area contributed by atoms with Crippen molar-refractivity contribution >= 4 is 27.5 Å². The van der Waals surface area contributed by atoms with E-state index in [1.807, 2.05) is 0 Å². The van der Waals surface area contributed by atoms with Gasteiger partial charge in [-0.25, -0.2) is 13.2 Å². The standard InChI is InChI=1S/C25H34N4O5S.C2HF3O2/c1-29(16-12-19-6-8-20(9-7-19)25-27-14-15-28-25)24(30)5-4-13-26-18-35(31,32)23-17-21(33-2)10-11-22(23)34-3;3-2(4,5)1(6)7/h6-11,17,26H,4-5,12-16,18H2,1-3H3,(H,27,28);(H,6,7). The van der Waals surface area contributed by atoms with Crippen molar-refractivity contribution in [2.75, 3.05) is 53.3 Å². The number of hydrogen-bond donors (Lipinski definition) is 3. The normalized spacial score (nSPS) is 12.9. The van der Waals surface area contributed by atoms with E-state index in [1.165, 1.54) is 20.3 Å². The summed E-state index contributed by atoms with van der Waals surface area (Å²) in [6.45, 7) is 2.72. The number of amidine groups is 1. The molecule has 0 aromatic heterocycles. The van der Waals surface area contributed by atoms with Crippen molar-refractivity contribution in [2.24, 2.45) is 4.99 Å². The summed E-state index contributed by atoms with van der Waals surface area (Å²) in [4.78, 5) is 27.6. The van der Waals surface area contributed by atoms with Crippen molar-refractivity contribution in [3.8, 4) is 11.5 Å². The van der Waals surface area contributed by atoms with Gasteiger partial charge in [0, 0.05) is 38.2 Å². The number of likely N-dealkylation sites (N-methyl/N-ethyl adjacent to an activating group) is 1. The second-order valence-corrected chi connectivity index (χ2v) is 11.1. The summed E-state index contributed by atoms with van der Waals surface area (Å²) >= 11 is 0. The number of halogens is 3. The van der Waals surface area contributed by atoms with Gasteiger partial charge in [0.15, 0.2) is 9.84 Å². The lowest BCUT2D eigenvalue weighted by Crippen LogP contribution is -2.30. The fraction of sp³-hybridized carbons (Fsp3) is 0.444. The average molecular weight is 617 g/mol. The average Bonchev–Trinajstić information content (AvgIpc) is 3.50. The SMILES string of the molecule is COc1ccc(OC)c(S(=O)(=O)CNCCCC(=O)N(C)CCc2ccc(C3=NCCN3)cc2)c1.O=C(O)C(F)(F)F. The van der Waals surface area contributed by atoms with E-state index in [0.717, 1.165) is 36.5 Å². The molecule has 0 saturated carbocycles. The Morgan fingerprint density at radius 3 is 2.33 bits per heavy atom. The van der Waals surface area contributed by atoms with Crippen molar-refractivity contribution in [1.29, 1.82) is 0 Å². The number of aliphatic carboxylic acids is 1. The number of carboxylic acids is 1. The smallest absolute Gasteiger partial charge is 0.490 e. The highest BCUT2D eigenvalue weighted by molar-refractivity contribution is 7.91. The number of aliphatic imine (C=N–C) groups is 1. The van der Waals surface area contributed by atoms with Gasteiger partial charge in [0.05, 0.1) is 20.8 Å². The highest BCUT2D eigenvalue weighted by atomic mass is 32.2. The van der Waals surface area contributed by atoms with Gasteiger partial charge in [0.2, 0.25) is 5.91 Å². The molecule has 11 nitrogen and oxygen atoms in total. The van der Waals surface area contributed by atoms with Crippen molar-refractivity contribution < 1.29 is 45.8 Å². The third-order valence-electron chi connectivity index (χ3n) is 6.05. The van der Waals surface area contributed by atoms with E-state index in [-0.39, 0.29) is 22.4 Å². The number of carbonyl (C=O) groups excluding carboxylic acids is 1. The third kappa shape index (κ3) is 10.9. The molecule has 0 spiro atoms. The fourth-order valence-electron chi connectivity index (χ4n) is 3.71. The summed E-state index contributed by atoms with van der Waals surface area (Å²) in [6.07, 6.45) is -3.44. The molecule has 1 heterocycles. The molecule has 0 unspecified atom stereocenters. The Hall–Kier alpha value is -3.85. The number of alkyl halides is 3. The van der Waals surface area contributed by atoms with Crippen LogP contribution in [0, 0.1) is 0 Å². The molecular formula is C27H35F3N4O7S. The number of carbonyl (C=O) groups is 2. The first-order valence-corrected chi connectivity index (χ1v) is 14.5. The van der Waals surface area contributed by atoms with Crippen LogP contribution in [-0.4, -0.2) is 95.6 Å². The van der Waals surface area contributed by atoms with Gasteiger partial charge in [-0.2, -0.15) is 13.2 Å². The van der Waals surface area contributed by atoms with Gasteiger partial charge in [0.25, 0.3) is 0 Å². The lowest BCUT2D eigenvalue weighted by atomic mass is 10.1. The summed E-state index contributed by atoms with van der Waals surface area (Å²) in [5, 5.41) is 13.3. The van der Waals surface area contributed by atoms with E-state index in [4.69, 9.17) is 19.4 Å². The number of methoxy groups -OCH3 is 2. The number of rotatable bonds is 13. The Morgan fingerprint density at radius 2 is 1.79 bits per heavy atom. The summed E-state index contributed by atoms with van der Waals surface area (Å²) in [5.74, 6) is -1.33. The lowest BCUT2D eigenvalue weighted by molar-refractivity contribution is -0.192. The van der Waals surface area contributed by atoms with Crippen molar-refractivity contribution in [3.63, 3.8) is 0 Å². The maximum atomic E-state index is 12.7. The van der Waals surface area contributed by atoms with Crippen LogP contribution in [0.15, 0.2) is 52.4 Å². The van der Waals surface area contributed by atoms with E-state index in [1.54, 1.807) is 24.1 Å². The zero-order valence-electron chi connectivity index (χ0n) is 23.5. The molecule has 0 radical (unpaired) electrons. The lowest BCUT2D eigenvalue weighted by Gasteiger charge is -2.17. The molecule has 15 heteroatoms. The maximum Gasteiger partial charge on any atom is 0.490 e. The van der Waals surface area contributed by atoms with Crippen LogP contribution in [0.2, 0.25) is 0 Å². The highest BCUT2D eigenvalue weighted by Gasteiger charge is 2.38. The first kappa shape index (κ1) is 34.4. The molecule has 42 heavy (non-hydrogen) atoms. The second kappa shape index (κ2) is 16.0. The first-order valence-electron chi connectivity index (χ1n) is 12.9. The molecule has 3 N–H and O–H groups in total.